The molecular weight excluding hydrogens is 264 g/mol. The molecule has 1 aromatic rings. The molecule has 116 valence electrons. The largest absolute Gasteiger partial charge is 0.396 e. The van der Waals surface area contributed by atoms with Gasteiger partial charge in [0.2, 0.25) is 0 Å². The van der Waals surface area contributed by atoms with Crippen LogP contribution in [-0.4, -0.2) is 30.3 Å². The van der Waals surface area contributed by atoms with Crippen LogP contribution in [0.1, 0.15) is 43.7 Å². The zero-order chi connectivity index (χ0) is 15.3. The van der Waals surface area contributed by atoms with E-state index in [0.29, 0.717) is 13.0 Å². The van der Waals surface area contributed by atoms with Crippen molar-refractivity contribution in [1.82, 2.24) is 10.6 Å². The average molecular weight is 290 g/mol. The van der Waals surface area contributed by atoms with Gasteiger partial charge in [0.15, 0.2) is 0 Å². The number of hydrogen-bond donors (Lipinski definition) is 3. The van der Waals surface area contributed by atoms with E-state index in [1.165, 1.54) is 11.1 Å². The van der Waals surface area contributed by atoms with Crippen molar-refractivity contribution in [3.8, 4) is 0 Å². The van der Waals surface area contributed by atoms with Crippen LogP contribution in [0.5, 0.6) is 0 Å². The molecule has 1 atom stereocenters. The quantitative estimate of drug-likeness (QED) is 0.722. The molecule has 0 bridgehead atoms. The Labute approximate surface area is 126 Å². The summed E-state index contributed by atoms with van der Waals surface area (Å²) in [4.78, 5) is 12.0. The Kier molecular flexibility index (Phi) is 5.23. The minimum atomic E-state index is -0.129. The first-order valence-corrected chi connectivity index (χ1v) is 7.82. The summed E-state index contributed by atoms with van der Waals surface area (Å²) in [6.07, 6.45) is 3.70. The summed E-state index contributed by atoms with van der Waals surface area (Å²) in [5.41, 5.74) is 2.78. The lowest BCUT2D eigenvalue weighted by Crippen LogP contribution is -2.44. The molecule has 1 saturated carbocycles. The third kappa shape index (κ3) is 3.97. The van der Waals surface area contributed by atoms with Crippen LogP contribution in [0.2, 0.25) is 0 Å². The summed E-state index contributed by atoms with van der Waals surface area (Å²) in [6, 6.07) is 8.33. The molecule has 0 saturated heterocycles. The van der Waals surface area contributed by atoms with E-state index in [0.717, 1.165) is 19.3 Å². The summed E-state index contributed by atoms with van der Waals surface area (Å²) in [6.45, 7) is 4.92. The minimum absolute atomic E-state index is 0.0450. The standard InChI is InChI=1S/C17H26N2O2/c1-3-14(8-11-20)19-16(21)18-12-17(9-10-17)15-7-5-4-6-13(15)2/h4-7,14,20H,3,8-12H2,1-2H3,(H2,18,19,21). The molecule has 2 rings (SSSR count). The third-order valence-electron chi connectivity index (χ3n) is 4.46. The summed E-state index contributed by atoms with van der Waals surface area (Å²) >= 11 is 0. The highest BCUT2D eigenvalue weighted by Crippen LogP contribution is 2.48. The van der Waals surface area contributed by atoms with Gasteiger partial charge in [-0.3, -0.25) is 0 Å². The number of rotatable bonds is 7. The van der Waals surface area contributed by atoms with Gasteiger partial charge < -0.3 is 15.7 Å². The minimum Gasteiger partial charge on any atom is -0.396 e. The first-order valence-electron chi connectivity index (χ1n) is 7.82. The second kappa shape index (κ2) is 6.94. The Morgan fingerprint density at radius 3 is 2.67 bits per heavy atom. The Hall–Kier alpha value is -1.55. The zero-order valence-electron chi connectivity index (χ0n) is 13.0. The van der Waals surface area contributed by atoms with Crippen molar-refractivity contribution in [2.75, 3.05) is 13.2 Å². The average Bonchev–Trinajstić information content (AvgIpc) is 3.26. The monoisotopic (exact) mass is 290 g/mol. The highest BCUT2D eigenvalue weighted by Gasteiger charge is 2.45. The van der Waals surface area contributed by atoms with Crippen LogP contribution >= 0.6 is 0 Å². The molecule has 1 aliphatic carbocycles. The van der Waals surface area contributed by atoms with Gasteiger partial charge in [-0.25, -0.2) is 4.79 Å². The van der Waals surface area contributed by atoms with Crippen LogP contribution in [0.25, 0.3) is 0 Å². The van der Waals surface area contributed by atoms with Crippen molar-refractivity contribution in [2.45, 2.75) is 51.0 Å². The Balaban J connectivity index is 1.88. The van der Waals surface area contributed by atoms with E-state index in [2.05, 4.69) is 41.8 Å². The Morgan fingerprint density at radius 1 is 1.38 bits per heavy atom. The molecule has 1 fully saturated rings. The smallest absolute Gasteiger partial charge is 0.315 e. The van der Waals surface area contributed by atoms with Gasteiger partial charge in [0.1, 0.15) is 0 Å². The summed E-state index contributed by atoms with van der Waals surface area (Å²) in [5, 5.41) is 14.9. The molecule has 0 heterocycles. The number of carbonyl (C=O) groups excluding carboxylic acids is 1. The van der Waals surface area contributed by atoms with Crippen LogP contribution in [0, 0.1) is 6.92 Å². The van der Waals surface area contributed by atoms with E-state index in [1.807, 2.05) is 6.92 Å². The van der Waals surface area contributed by atoms with E-state index in [9.17, 15) is 4.79 Å². The zero-order valence-corrected chi connectivity index (χ0v) is 13.0. The topological polar surface area (TPSA) is 61.4 Å². The van der Waals surface area contributed by atoms with E-state index < -0.39 is 0 Å². The lowest BCUT2D eigenvalue weighted by atomic mass is 9.92. The summed E-state index contributed by atoms with van der Waals surface area (Å²) in [7, 11) is 0. The maximum atomic E-state index is 12.0. The number of urea groups is 1. The molecule has 21 heavy (non-hydrogen) atoms. The molecule has 4 heteroatoms. The highest BCUT2D eigenvalue weighted by molar-refractivity contribution is 5.74. The predicted octanol–water partition coefficient (Wildman–Crippen LogP) is 2.49. The maximum Gasteiger partial charge on any atom is 0.315 e. The lowest BCUT2D eigenvalue weighted by molar-refractivity contribution is 0.227. The van der Waals surface area contributed by atoms with Crippen LogP contribution in [0.15, 0.2) is 24.3 Å². The fourth-order valence-electron chi connectivity index (χ4n) is 2.88. The summed E-state index contributed by atoms with van der Waals surface area (Å²) < 4.78 is 0. The van der Waals surface area contributed by atoms with Gasteiger partial charge in [0.25, 0.3) is 0 Å². The number of amides is 2. The van der Waals surface area contributed by atoms with E-state index in [-0.39, 0.29) is 24.1 Å². The van der Waals surface area contributed by atoms with Crippen LogP contribution in [0.4, 0.5) is 4.79 Å². The third-order valence-corrected chi connectivity index (χ3v) is 4.46. The number of benzene rings is 1. The fraction of sp³-hybridized carbons (Fsp3) is 0.588. The van der Waals surface area contributed by atoms with E-state index in [1.54, 1.807) is 0 Å². The normalized spacial score (nSPS) is 17.1. The van der Waals surface area contributed by atoms with Crippen molar-refractivity contribution in [2.24, 2.45) is 0 Å². The molecule has 0 aromatic heterocycles. The first-order chi connectivity index (χ1) is 10.1. The second-order valence-electron chi connectivity index (χ2n) is 6.04. The molecule has 3 N–H and O–H groups in total. The van der Waals surface area contributed by atoms with Crippen molar-refractivity contribution >= 4 is 6.03 Å². The van der Waals surface area contributed by atoms with Crippen molar-refractivity contribution < 1.29 is 9.90 Å². The maximum absolute atomic E-state index is 12.0. The second-order valence-corrected chi connectivity index (χ2v) is 6.04. The molecule has 1 unspecified atom stereocenters. The van der Waals surface area contributed by atoms with Crippen molar-refractivity contribution in [3.63, 3.8) is 0 Å². The number of nitrogens with one attached hydrogen (secondary N) is 2. The van der Waals surface area contributed by atoms with Gasteiger partial charge in [0.05, 0.1) is 0 Å². The van der Waals surface area contributed by atoms with Crippen LogP contribution in [-0.2, 0) is 5.41 Å². The van der Waals surface area contributed by atoms with Crippen molar-refractivity contribution in [3.05, 3.63) is 35.4 Å². The molecule has 2 amide bonds. The van der Waals surface area contributed by atoms with Gasteiger partial charge in [-0.1, -0.05) is 31.2 Å². The summed E-state index contributed by atoms with van der Waals surface area (Å²) in [5.74, 6) is 0. The molecule has 0 radical (unpaired) electrons. The molecule has 1 aliphatic rings. The molecule has 0 aliphatic heterocycles. The molecular formula is C17H26N2O2. The van der Waals surface area contributed by atoms with Crippen molar-refractivity contribution in [1.29, 1.82) is 0 Å². The van der Waals surface area contributed by atoms with Crippen LogP contribution in [0.3, 0.4) is 0 Å². The highest BCUT2D eigenvalue weighted by atomic mass is 16.3. The van der Waals surface area contributed by atoms with E-state index >= 15 is 0 Å². The number of aliphatic hydroxyl groups excluding tert-OH is 1. The van der Waals surface area contributed by atoms with E-state index in [4.69, 9.17) is 5.11 Å². The van der Waals surface area contributed by atoms with Crippen LogP contribution < -0.4 is 10.6 Å². The molecule has 4 nitrogen and oxygen atoms in total. The van der Waals surface area contributed by atoms with Gasteiger partial charge >= 0.3 is 6.03 Å². The Bertz CT molecular complexity index is 483. The van der Waals surface area contributed by atoms with Gasteiger partial charge in [-0.05, 0) is 43.7 Å². The first kappa shape index (κ1) is 15.8. The van der Waals surface area contributed by atoms with Gasteiger partial charge in [-0.15, -0.1) is 0 Å². The number of aliphatic hydroxyl groups is 1. The number of carbonyl (C=O) groups is 1. The van der Waals surface area contributed by atoms with Gasteiger partial charge in [0, 0.05) is 24.6 Å². The number of aryl methyl sites for hydroxylation is 1. The molecule has 1 aromatic carbocycles. The number of hydrogen-bond acceptors (Lipinski definition) is 2. The lowest BCUT2D eigenvalue weighted by Gasteiger charge is -2.21. The SMILES string of the molecule is CCC(CCO)NC(=O)NCC1(c2ccccc2C)CC1. The molecule has 0 spiro atoms. The fourth-order valence-corrected chi connectivity index (χ4v) is 2.88. The predicted molar refractivity (Wildman–Crippen MR) is 84.4 cm³/mol. The van der Waals surface area contributed by atoms with Gasteiger partial charge in [-0.2, -0.15) is 0 Å². The Morgan fingerprint density at radius 2 is 2.10 bits per heavy atom.